The Bertz CT molecular complexity index is 1130. The molecule has 25 heavy (non-hydrogen) atoms. The smallest absolute Gasteiger partial charge is 0.341 e. The van der Waals surface area contributed by atoms with Crippen LogP contribution in [0, 0.1) is 18.3 Å². The number of nitriles is 1. The zero-order valence-corrected chi connectivity index (χ0v) is 13.1. The number of fused-ring (bicyclic) bond motifs is 1. The molecule has 0 fully saturated rings. The predicted octanol–water partition coefficient (Wildman–Crippen LogP) is -0.178. The minimum atomic E-state index is -0.786. The van der Waals surface area contributed by atoms with Crippen molar-refractivity contribution in [1.82, 2.24) is 19.5 Å². The lowest BCUT2D eigenvalue weighted by atomic mass is 10.1. The number of aromatic amines is 1. The van der Waals surface area contributed by atoms with Crippen molar-refractivity contribution >= 4 is 5.97 Å². The summed E-state index contributed by atoms with van der Waals surface area (Å²) in [7, 11) is 1.15. The number of H-pyrrole nitrogens is 1. The van der Waals surface area contributed by atoms with Gasteiger partial charge in [0.1, 0.15) is 22.9 Å². The average Bonchev–Trinajstić information content (AvgIpc) is 2.95. The second-order valence-electron chi connectivity index (χ2n) is 5.15. The number of ether oxygens (including phenoxy) is 1. The van der Waals surface area contributed by atoms with Crippen molar-refractivity contribution in [3.63, 3.8) is 0 Å². The van der Waals surface area contributed by atoms with Gasteiger partial charge in [-0.25, -0.2) is 9.89 Å². The number of aryl methyl sites for hydroxylation is 1. The van der Waals surface area contributed by atoms with Crippen LogP contribution < -0.4 is 11.1 Å². The first-order valence-electron chi connectivity index (χ1n) is 6.94. The van der Waals surface area contributed by atoms with E-state index in [2.05, 4.69) is 14.9 Å². The van der Waals surface area contributed by atoms with Crippen molar-refractivity contribution in [2.75, 3.05) is 7.11 Å². The molecule has 0 aliphatic carbocycles. The Morgan fingerprint density at radius 2 is 2.12 bits per heavy atom. The summed E-state index contributed by atoms with van der Waals surface area (Å²) in [5.74, 6) is -1.41. The van der Waals surface area contributed by atoms with Crippen molar-refractivity contribution in [2.24, 2.45) is 0 Å². The fourth-order valence-electron chi connectivity index (χ4n) is 2.46. The van der Waals surface area contributed by atoms with E-state index in [-0.39, 0.29) is 22.4 Å². The number of esters is 1. The van der Waals surface area contributed by atoms with Crippen molar-refractivity contribution in [3.8, 4) is 23.2 Å². The predicted molar refractivity (Wildman–Crippen MR) is 83.4 cm³/mol. The SMILES string of the molecule is COC(=O)c1cn(-n2c(O)c(C#N)c(C)cc2=O)cc2c(=O)[nH]nc1-2. The third-order valence-electron chi connectivity index (χ3n) is 3.66. The first-order chi connectivity index (χ1) is 11.9. The number of carbonyl (C=O) groups excluding carboxylic acids is 1. The summed E-state index contributed by atoms with van der Waals surface area (Å²) >= 11 is 0. The summed E-state index contributed by atoms with van der Waals surface area (Å²) in [6.07, 6.45) is 2.39. The lowest BCUT2D eigenvalue weighted by molar-refractivity contribution is 0.0600. The van der Waals surface area contributed by atoms with Crippen molar-refractivity contribution in [3.05, 3.63) is 55.9 Å². The Balaban J connectivity index is 2.42. The molecule has 0 spiro atoms. The van der Waals surface area contributed by atoms with Gasteiger partial charge in [-0.1, -0.05) is 0 Å². The van der Waals surface area contributed by atoms with Crippen LogP contribution >= 0.6 is 0 Å². The van der Waals surface area contributed by atoms with Crippen LogP contribution in [0.4, 0.5) is 0 Å². The minimum absolute atomic E-state index is 0.00767. The van der Waals surface area contributed by atoms with E-state index in [1.807, 2.05) is 0 Å². The van der Waals surface area contributed by atoms with Gasteiger partial charge < -0.3 is 9.84 Å². The van der Waals surface area contributed by atoms with Gasteiger partial charge >= 0.3 is 5.97 Å². The molecule has 2 N–H and O–H groups in total. The highest BCUT2D eigenvalue weighted by Crippen LogP contribution is 2.23. The Labute approximate surface area is 139 Å². The third kappa shape index (κ3) is 2.34. The number of aromatic nitrogens is 4. The maximum atomic E-state index is 12.3. The highest BCUT2D eigenvalue weighted by Gasteiger charge is 2.23. The van der Waals surface area contributed by atoms with E-state index >= 15 is 0 Å². The summed E-state index contributed by atoms with van der Waals surface area (Å²) in [5, 5.41) is 25.4. The summed E-state index contributed by atoms with van der Waals surface area (Å²) in [5.41, 5.74) is -1.09. The third-order valence-corrected chi connectivity index (χ3v) is 3.66. The summed E-state index contributed by atoms with van der Waals surface area (Å²) in [4.78, 5) is 36.2. The van der Waals surface area contributed by atoms with Gasteiger partial charge in [-0.2, -0.15) is 15.0 Å². The first-order valence-corrected chi connectivity index (χ1v) is 6.94. The largest absolute Gasteiger partial charge is 0.492 e. The molecular formula is C15H11N5O5. The molecule has 10 heteroatoms. The van der Waals surface area contributed by atoms with Crippen LogP contribution in [0.3, 0.4) is 0 Å². The second kappa shape index (κ2) is 5.64. The molecule has 2 aliphatic heterocycles. The van der Waals surface area contributed by atoms with Gasteiger partial charge in [0.15, 0.2) is 0 Å². The van der Waals surface area contributed by atoms with Gasteiger partial charge in [-0.3, -0.25) is 14.3 Å². The van der Waals surface area contributed by atoms with E-state index in [1.54, 1.807) is 6.07 Å². The van der Waals surface area contributed by atoms with E-state index in [0.717, 1.165) is 22.5 Å². The summed E-state index contributed by atoms with van der Waals surface area (Å²) < 4.78 is 6.44. The first kappa shape index (κ1) is 16.0. The molecule has 0 radical (unpaired) electrons. The van der Waals surface area contributed by atoms with E-state index in [4.69, 9.17) is 5.26 Å². The molecule has 126 valence electrons. The van der Waals surface area contributed by atoms with E-state index in [9.17, 15) is 19.5 Å². The summed E-state index contributed by atoms with van der Waals surface area (Å²) in [6, 6.07) is 2.95. The van der Waals surface area contributed by atoms with Gasteiger partial charge in [0, 0.05) is 18.5 Å². The minimum Gasteiger partial charge on any atom is -0.492 e. The Hall–Kier alpha value is -3.87. The van der Waals surface area contributed by atoms with E-state index in [0.29, 0.717) is 5.56 Å². The molecular weight excluding hydrogens is 330 g/mol. The Morgan fingerprint density at radius 3 is 2.76 bits per heavy atom. The second-order valence-corrected chi connectivity index (χ2v) is 5.15. The molecule has 0 aromatic carbocycles. The fraction of sp³-hybridized carbons (Fsp3) is 0.133. The van der Waals surface area contributed by atoms with Crippen molar-refractivity contribution in [1.29, 1.82) is 5.26 Å². The molecule has 0 saturated heterocycles. The molecule has 3 rings (SSSR count). The number of hydrogen-bond acceptors (Lipinski definition) is 7. The molecule has 0 atom stereocenters. The highest BCUT2D eigenvalue weighted by molar-refractivity contribution is 5.95. The maximum absolute atomic E-state index is 12.3. The molecule has 0 saturated carbocycles. The number of rotatable bonds is 2. The summed E-state index contributed by atoms with van der Waals surface area (Å²) in [6.45, 7) is 1.50. The number of aromatic hydroxyl groups is 1. The standard InChI is InChI=1S/C15H11N5O5/c1-7-3-11(21)20(14(23)8(7)4-16)19-5-9-12(17-18-13(9)22)10(6-19)15(24)25-2/h3,5-6,23H,1-2H3,(H,18,22). The molecule has 10 nitrogen and oxygen atoms in total. The van der Waals surface area contributed by atoms with Crippen LogP contribution in [0.15, 0.2) is 28.0 Å². The zero-order valence-electron chi connectivity index (χ0n) is 13.1. The highest BCUT2D eigenvalue weighted by atomic mass is 16.5. The lowest BCUT2D eigenvalue weighted by Gasteiger charge is -2.16. The van der Waals surface area contributed by atoms with Crippen LogP contribution in [-0.4, -0.2) is 37.7 Å². The molecule has 1 aromatic rings. The fourth-order valence-corrected chi connectivity index (χ4v) is 2.46. The zero-order chi connectivity index (χ0) is 18.3. The van der Waals surface area contributed by atoms with Crippen LogP contribution in [0.25, 0.3) is 11.3 Å². The Kier molecular flexibility index (Phi) is 3.61. The normalized spacial score (nSPS) is 10.6. The molecule has 2 aliphatic rings. The number of carbonyl (C=O) groups is 1. The van der Waals surface area contributed by atoms with E-state index in [1.165, 1.54) is 19.3 Å². The van der Waals surface area contributed by atoms with Crippen molar-refractivity contribution in [2.45, 2.75) is 6.92 Å². The van der Waals surface area contributed by atoms with Crippen LogP contribution in [-0.2, 0) is 4.74 Å². The van der Waals surface area contributed by atoms with Gasteiger partial charge in [-0.15, -0.1) is 0 Å². The van der Waals surface area contributed by atoms with Gasteiger partial charge in [0.2, 0.25) is 5.88 Å². The van der Waals surface area contributed by atoms with Crippen LogP contribution in [0.5, 0.6) is 5.88 Å². The van der Waals surface area contributed by atoms with Gasteiger partial charge in [0.25, 0.3) is 11.1 Å². The number of hydrogen-bond donors (Lipinski definition) is 2. The van der Waals surface area contributed by atoms with Gasteiger partial charge in [0.05, 0.1) is 12.7 Å². The van der Waals surface area contributed by atoms with Crippen molar-refractivity contribution < 1.29 is 14.6 Å². The Morgan fingerprint density at radius 1 is 1.40 bits per heavy atom. The molecule has 1 aromatic heterocycles. The maximum Gasteiger partial charge on any atom is 0.341 e. The molecule has 0 amide bonds. The average molecular weight is 341 g/mol. The molecule has 0 bridgehead atoms. The van der Waals surface area contributed by atoms with E-state index < -0.39 is 23.0 Å². The number of pyridine rings is 2. The number of nitrogens with zero attached hydrogens (tertiary/aromatic N) is 4. The topological polar surface area (TPSA) is 143 Å². The van der Waals surface area contributed by atoms with Crippen LogP contribution in [0.1, 0.15) is 21.5 Å². The number of methoxy groups -OCH3 is 1. The number of nitrogens with one attached hydrogen (secondary N) is 1. The lowest BCUT2D eigenvalue weighted by Crippen LogP contribution is -2.28. The van der Waals surface area contributed by atoms with Crippen LogP contribution in [0.2, 0.25) is 0 Å². The quantitative estimate of drug-likeness (QED) is 0.615. The molecule has 3 heterocycles. The molecule has 0 unspecified atom stereocenters. The monoisotopic (exact) mass is 341 g/mol. The van der Waals surface area contributed by atoms with Gasteiger partial charge in [-0.05, 0) is 12.5 Å².